The van der Waals surface area contributed by atoms with Gasteiger partial charge in [-0.2, -0.15) is 0 Å². The fourth-order valence-corrected chi connectivity index (χ4v) is 2.77. The standard InChI is InChI=1S/C19H26N2/c1-5-13-11-15(7-9-17(13)20)19(3,4)16-8-10-18(21)14(6-2)12-16/h7-12H,5-6,20-21H2,1-4H3. The molecule has 0 saturated heterocycles. The van der Waals surface area contributed by atoms with Crippen LogP contribution in [0.1, 0.15) is 49.9 Å². The lowest BCUT2D eigenvalue weighted by atomic mass is 9.76. The first-order chi connectivity index (χ1) is 9.90. The Labute approximate surface area is 128 Å². The van der Waals surface area contributed by atoms with Crippen molar-refractivity contribution < 1.29 is 0 Å². The van der Waals surface area contributed by atoms with E-state index in [1.165, 1.54) is 22.3 Å². The van der Waals surface area contributed by atoms with E-state index < -0.39 is 0 Å². The average molecular weight is 282 g/mol. The van der Waals surface area contributed by atoms with E-state index in [2.05, 4.69) is 52.0 Å². The first kappa shape index (κ1) is 15.4. The van der Waals surface area contributed by atoms with Crippen LogP contribution in [0.4, 0.5) is 11.4 Å². The van der Waals surface area contributed by atoms with Crippen molar-refractivity contribution in [3.05, 3.63) is 58.7 Å². The summed E-state index contributed by atoms with van der Waals surface area (Å²) in [5.41, 5.74) is 18.8. The largest absolute Gasteiger partial charge is 0.399 e. The molecule has 0 spiro atoms. The van der Waals surface area contributed by atoms with Crippen molar-refractivity contribution in [3.63, 3.8) is 0 Å². The maximum Gasteiger partial charge on any atom is 0.0346 e. The maximum absolute atomic E-state index is 6.03. The first-order valence-corrected chi connectivity index (χ1v) is 7.67. The Bertz CT molecular complexity index is 587. The van der Waals surface area contributed by atoms with Crippen LogP contribution in [0.3, 0.4) is 0 Å². The van der Waals surface area contributed by atoms with E-state index in [9.17, 15) is 0 Å². The highest BCUT2D eigenvalue weighted by molar-refractivity contribution is 5.54. The van der Waals surface area contributed by atoms with Crippen molar-refractivity contribution in [1.29, 1.82) is 0 Å². The van der Waals surface area contributed by atoms with Crippen LogP contribution in [0, 0.1) is 0 Å². The summed E-state index contributed by atoms with van der Waals surface area (Å²) < 4.78 is 0. The van der Waals surface area contributed by atoms with Gasteiger partial charge in [-0.25, -0.2) is 0 Å². The minimum absolute atomic E-state index is 0.0603. The fraction of sp³-hybridized carbons (Fsp3) is 0.368. The molecule has 0 bridgehead atoms. The number of hydrogen-bond donors (Lipinski definition) is 2. The molecule has 2 aromatic carbocycles. The molecule has 0 heterocycles. The third kappa shape index (κ3) is 2.90. The number of rotatable bonds is 4. The minimum atomic E-state index is -0.0603. The molecule has 0 aliphatic rings. The quantitative estimate of drug-likeness (QED) is 0.821. The van der Waals surface area contributed by atoms with Crippen LogP contribution in [0.2, 0.25) is 0 Å². The molecule has 112 valence electrons. The van der Waals surface area contributed by atoms with E-state index >= 15 is 0 Å². The van der Waals surface area contributed by atoms with Gasteiger partial charge in [0.25, 0.3) is 0 Å². The first-order valence-electron chi connectivity index (χ1n) is 7.67. The molecule has 0 radical (unpaired) electrons. The van der Waals surface area contributed by atoms with E-state index in [0.717, 1.165) is 24.2 Å². The van der Waals surface area contributed by atoms with E-state index in [1.54, 1.807) is 0 Å². The summed E-state index contributed by atoms with van der Waals surface area (Å²) in [5.74, 6) is 0. The van der Waals surface area contributed by atoms with Gasteiger partial charge in [-0.15, -0.1) is 0 Å². The van der Waals surface area contributed by atoms with Gasteiger partial charge in [0, 0.05) is 16.8 Å². The summed E-state index contributed by atoms with van der Waals surface area (Å²) in [7, 11) is 0. The Morgan fingerprint density at radius 1 is 0.762 bits per heavy atom. The second-order valence-electron chi connectivity index (χ2n) is 6.16. The van der Waals surface area contributed by atoms with Crippen molar-refractivity contribution in [2.45, 2.75) is 46.0 Å². The molecule has 21 heavy (non-hydrogen) atoms. The maximum atomic E-state index is 6.03. The van der Waals surface area contributed by atoms with Crippen molar-refractivity contribution in [3.8, 4) is 0 Å². The summed E-state index contributed by atoms with van der Waals surface area (Å²) in [6.45, 7) is 8.79. The second-order valence-corrected chi connectivity index (χ2v) is 6.16. The predicted octanol–water partition coefficient (Wildman–Crippen LogP) is 4.30. The van der Waals surface area contributed by atoms with Crippen molar-refractivity contribution >= 4 is 11.4 Å². The number of hydrogen-bond acceptors (Lipinski definition) is 2. The Morgan fingerprint density at radius 2 is 1.14 bits per heavy atom. The molecule has 2 nitrogen and oxygen atoms in total. The van der Waals surface area contributed by atoms with Crippen LogP contribution >= 0.6 is 0 Å². The molecule has 4 N–H and O–H groups in total. The zero-order valence-electron chi connectivity index (χ0n) is 13.5. The molecule has 0 amide bonds. The second kappa shape index (κ2) is 5.80. The summed E-state index contributed by atoms with van der Waals surface area (Å²) in [5, 5.41) is 0. The van der Waals surface area contributed by atoms with Gasteiger partial charge >= 0.3 is 0 Å². The van der Waals surface area contributed by atoms with Crippen LogP contribution in [0.5, 0.6) is 0 Å². The molecule has 0 atom stereocenters. The highest BCUT2D eigenvalue weighted by atomic mass is 14.6. The third-order valence-electron chi connectivity index (χ3n) is 4.49. The van der Waals surface area contributed by atoms with Crippen LogP contribution < -0.4 is 11.5 Å². The third-order valence-corrected chi connectivity index (χ3v) is 4.49. The summed E-state index contributed by atoms with van der Waals surface area (Å²) >= 11 is 0. The van der Waals surface area contributed by atoms with E-state index in [0.29, 0.717) is 0 Å². The Hall–Kier alpha value is -1.96. The van der Waals surface area contributed by atoms with Gasteiger partial charge in [-0.05, 0) is 47.2 Å². The van der Waals surface area contributed by atoms with Crippen LogP contribution in [0.15, 0.2) is 36.4 Å². The van der Waals surface area contributed by atoms with Crippen molar-refractivity contribution in [1.82, 2.24) is 0 Å². The molecule has 2 rings (SSSR count). The SMILES string of the molecule is CCc1cc(C(C)(C)c2ccc(N)c(CC)c2)ccc1N. The molecular formula is C19H26N2. The normalized spacial score (nSPS) is 11.6. The molecule has 0 unspecified atom stereocenters. The smallest absolute Gasteiger partial charge is 0.0346 e. The molecule has 2 aromatic rings. The highest BCUT2D eigenvalue weighted by Gasteiger charge is 2.24. The molecule has 0 aliphatic carbocycles. The van der Waals surface area contributed by atoms with Gasteiger partial charge in [0.05, 0.1) is 0 Å². The minimum Gasteiger partial charge on any atom is -0.399 e. The summed E-state index contributed by atoms with van der Waals surface area (Å²) in [4.78, 5) is 0. The Balaban J connectivity index is 2.50. The monoisotopic (exact) mass is 282 g/mol. The summed E-state index contributed by atoms with van der Waals surface area (Å²) in [6, 6.07) is 12.8. The predicted molar refractivity (Wildman–Crippen MR) is 92.6 cm³/mol. The molecule has 0 fully saturated rings. The van der Waals surface area contributed by atoms with Gasteiger partial charge < -0.3 is 11.5 Å². The van der Waals surface area contributed by atoms with Gasteiger partial charge in [0.2, 0.25) is 0 Å². The van der Waals surface area contributed by atoms with E-state index in [-0.39, 0.29) is 5.41 Å². The van der Waals surface area contributed by atoms with Gasteiger partial charge in [-0.3, -0.25) is 0 Å². The Kier molecular flexibility index (Phi) is 4.26. The molecule has 0 aliphatic heterocycles. The van der Waals surface area contributed by atoms with E-state index in [1.807, 2.05) is 12.1 Å². The highest BCUT2D eigenvalue weighted by Crippen LogP contribution is 2.34. The molecule has 0 aromatic heterocycles. The molecule has 2 heteroatoms. The van der Waals surface area contributed by atoms with Gasteiger partial charge in [0.15, 0.2) is 0 Å². The topological polar surface area (TPSA) is 52.0 Å². The van der Waals surface area contributed by atoms with Crippen molar-refractivity contribution in [2.24, 2.45) is 0 Å². The van der Waals surface area contributed by atoms with Crippen LogP contribution in [0.25, 0.3) is 0 Å². The lowest BCUT2D eigenvalue weighted by Crippen LogP contribution is -2.20. The lowest BCUT2D eigenvalue weighted by molar-refractivity contribution is 0.639. The fourth-order valence-electron chi connectivity index (χ4n) is 2.77. The number of aryl methyl sites for hydroxylation is 2. The number of nitrogens with two attached hydrogens (primary N) is 2. The Morgan fingerprint density at radius 3 is 1.48 bits per heavy atom. The number of nitrogen functional groups attached to an aromatic ring is 2. The lowest BCUT2D eigenvalue weighted by Gasteiger charge is -2.28. The zero-order valence-corrected chi connectivity index (χ0v) is 13.5. The summed E-state index contributed by atoms with van der Waals surface area (Å²) in [6.07, 6.45) is 1.91. The number of anilines is 2. The molecular weight excluding hydrogens is 256 g/mol. The average Bonchev–Trinajstić information content (AvgIpc) is 2.47. The van der Waals surface area contributed by atoms with Gasteiger partial charge in [0.1, 0.15) is 0 Å². The van der Waals surface area contributed by atoms with Gasteiger partial charge in [-0.1, -0.05) is 52.0 Å². The van der Waals surface area contributed by atoms with E-state index in [4.69, 9.17) is 11.5 Å². The number of benzene rings is 2. The van der Waals surface area contributed by atoms with Crippen molar-refractivity contribution in [2.75, 3.05) is 11.5 Å². The molecule has 0 saturated carbocycles. The van der Waals surface area contributed by atoms with Crippen LogP contribution in [-0.4, -0.2) is 0 Å². The van der Waals surface area contributed by atoms with Crippen LogP contribution in [-0.2, 0) is 18.3 Å². The zero-order chi connectivity index (χ0) is 15.6.